The van der Waals surface area contributed by atoms with E-state index in [9.17, 15) is 9.18 Å². The molecule has 0 atom stereocenters. The fraction of sp³-hybridized carbons (Fsp3) is 0.200. The highest BCUT2D eigenvalue weighted by Crippen LogP contribution is 2.21. The molecule has 0 saturated heterocycles. The van der Waals surface area contributed by atoms with Crippen molar-refractivity contribution in [2.75, 3.05) is 5.32 Å². The van der Waals surface area contributed by atoms with Crippen LogP contribution in [0.25, 0.3) is 0 Å². The lowest BCUT2D eigenvalue weighted by Gasteiger charge is -1.98. The zero-order valence-corrected chi connectivity index (χ0v) is 12.1. The van der Waals surface area contributed by atoms with E-state index in [-0.39, 0.29) is 11.7 Å². The molecule has 0 saturated carbocycles. The average molecular weight is 290 g/mol. The molecule has 0 aliphatic rings. The lowest BCUT2D eigenvalue weighted by Crippen LogP contribution is -2.07. The van der Waals surface area contributed by atoms with Crippen LogP contribution in [0.2, 0.25) is 0 Å². The topological polar surface area (TPSA) is 42.0 Å². The molecule has 0 aliphatic carbocycles. The highest BCUT2D eigenvalue weighted by atomic mass is 32.1. The Bertz CT molecular complexity index is 628. The van der Waals surface area contributed by atoms with Crippen LogP contribution in [0.3, 0.4) is 0 Å². The molecule has 0 radical (unpaired) electrons. The van der Waals surface area contributed by atoms with E-state index in [1.807, 2.05) is 13.8 Å². The molecule has 20 heavy (non-hydrogen) atoms. The van der Waals surface area contributed by atoms with E-state index in [0.717, 1.165) is 16.0 Å². The number of carbonyl (C=O) groups is 1. The molecule has 1 heterocycles. The first-order chi connectivity index (χ1) is 9.52. The smallest absolute Gasteiger partial charge is 0.250 e. The number of hydrogen-bond acceptors (Lipinski definition) is 3. The van der Waals surface area contributed by atoms with Crippen LogP contribution >= 0.6 is 11.3 Å². The summed E-state index contributed by atoms with van der Waals surface area (Å²) in [6.07, 6.45) is 3.93. The fourth-order valence-corrected chi connectivity index (χ4v) is 2.50. The van der Waals surface area contributed by atoms with Crippen LogP contribution in [-0.4, -0.2) is 10.9 Å². The second kappa shape index (κ2) is 6.43. The Morgan fingerprint density at radius 3 is 2.70 bits per heavy atom. The van der Waals surface area contributed by atoms with E-state index >= 15 is 0 Å². The van der Waals surface area contributed by atoms with Crippen molar-refractivity contribution in [2.24, 2.45) is 0 Å². The van der Waals surface area contributed by atoms with E-state index in [1.54, 1.807) is 18.3 Å². The number of nitrogens with one attached hydrogen (secondary N) is 1. The van der Waals surface area contributed by atoms with Gasteiger partial charge < -0.3 is 0 Å². The van der Waals surface area contributed by atoms with Crippen molar-refractivity contribution in [3.8, 4) is 0 Å². The summed E-state index contributed by atoms with van der Waals surface area (Å²) in [4.78, 5) is 16.7. The monoisotopic (exact) mass is 290 g/mol. The summed E-state index contributed by atoms with van der Waals surface area (Å²) in [6, 6.07) is 6.37. The molecule has 1 amide bonds. The van der Waals surface area contributed by atoms with Gasteiger partial charge in [-0.2, -0.15) is 0 Å². The zero-order valence-electron chi connectivity index (χ0n) is 11.3. The van der Waals surface area contributed by atoms with Crippen molar-refractivity contribution in [1.29, 1.82) is 0 Å². The minimum Gasteiger partial charge on any atom is -0.298 e. The number of anilines is 1. The average Bonchev–Trinajstić information content (AvgIpc) is 2.78. The summed E-state index contributed by atoms with van der Waals surface area (Å²) in [6.45, 7) is 3.72. The summed E-state index contributed by atoms with van der Waals surface area (Å²) in [5.41, 5.74) is 1.95. The van der Waals surface area contributed by atoms with Crippen molar-refractivity contribution < 1.29 is 9.18 Å². The largest absolute Gasteiger partial charge is 0.298 e. The maximum absolute atomic E-state index is 12.8. The molecule has 0 bridgehead atoms. The number of nitrogens with zero attached hydrogens (tertiary/aromatic N) is 1. The normalized spacial score (nSPS) is 10.2. The number of benzene rings is 1. The van der Waals surface area contributed by atoms with Gasteiger partial charge in [-0.05, 0) is 31.5 Å². The molecule has 104 valence electrons. The summed E-state index contributed by atoms with van der Waals surface area (Å²) in [5, 5.41) is 3.29. The van der Waals surface area contributed by atoms with E-state index in [2.05, 4.69) is 10.3 Å². The summed E-state index contributed by atoms with van der Waals surface area (Å²) in [7, 11) is 0. The molecular formula is C15H15FN2OS. The highest BCUT2D eigenvalue weighted by molar-refractivity contribution is 7.15. The van der Waals surface area contributed by atoms with Crippen LogP contribution in [0.15, 0.2) is 42.1 Å². The number of aromatic nitrogens is 1. The quantitative estimate of drug-likeness (QED) is 0.871. The Balaban J connectivity index is 2.00. The van der Waals surface area contributed by atoms with Gasteiger partial charge in [0.05, 0.1) is 0 Å². The van der Waals surface area contributed by atoms with Gasteiger partial charge in [-0.3, -0.25) is 10.1 Å². The third kappa shape index (κ3) is 4.28. The minimum atomic E-state index is -0.243. The SMILES string of the molecule is CC(C)=CC(=O)Nc1ncc(Cc2ccc(F)cc2)s1. The van der Waals surface area contributed by atoms with Gasteiger partial charge in [-0.15, -0.1) is 11.3 Å². The Morgan fingerprint density at radius 1 is 1.35 bits per heavy atom. The molecule has 0 aliphatic heterocycles. The minimum absolute atomic E-state index is 0.173. The molecule has 1 aromatic heterocycles. The number of carbonyl (C=O) groups excluding carboxylic acids is 1. The molecule has 3 nitrogen and oxygen atoms in total. The molecule has 2 aromatic rings. The van der Waals surface area contributed by atoms with Crippen LogP contribution in [0, 0.1) is 5.82 Å². The Labute approximate surface area is 121 Å². The van der Waals surface area contributed by atoms with E-state index < -0.39 is 0 Å². The van der Waals surface area contributed by atoms with Gasteiger partial charge >= 0.3 is 0 Å². The predicted molar refractivity (Wildman–Crippen MR) is 79.4 cm³/mol. The zero-order chi connectivity index (χ0) is 14.5. The highest BCUT2D eigenvalue weighted by Gasteiger charge is 2.05. The molecule has 0 spiro atoms. The van der Waals surface area contributed by atoms with Crippen LogP contribution in [0.4, 0.5) is 9.52 Å². The number of rotatable bonds is 4. The van der Waals surface area contributed by atoms with Gasteiger partial charge in [-0.25, -0.2) is 9.37 Å². The maximum atomic E-state index is 12.8. The van der Waals surface area contributed by atoms with Crippen molar-refractivity contribution >= 4 is 22.4 Å². The van der Waals surface area contributed by atoms with Crippen LogP contribution < -0.4 is 5.32 Å². The van der Waals surface area contributed by atoms with Crippen molar-refractivity contribution in [3.05, 3.63) is 58.4 Å². The van der Waals surface area contributed by atoms with E-state index in [1.165, 1.54) is 29.5 Å². The molecule has 1 N–H and O–H groups in total. The Kier molecular flexibility index (Phi) is 4.63. The molecule has 5 heteroatoms. The van der Waals surface area contributed by atoms with Crippen LogP contribution in [0.1, 0.15) is 24.3 Å². The number of thiazole rings is 1. The van der Waals surface area contributed by atoms with E-state index in [0.29, 0.717) is 11.6 Å². The summed E-state index contributed by atoms with van der Waals surface area (Å²) < 4.78 is 12.8. The molecular weight excluding hydrogens is 275 g/mol. The van der Waals surface area contributed by atoms with E-state index in [4.69, 9.17) is 0 Å². The second-order valence-corrected chi connectivity index (χ2v) is 5.76. The lowest BCUT2D eigenvalue weighted by atomic mass is 10.1. The maximum Gasteiger partial charge on any atom is 0.250 e. The standard InChI is InChI=1S/C15H15FN2OS/c1-10(2)7-14(19)18-15-17-9-13(20-15)8-11-3-5-12(16)6-4-11/h3-7,9H,8H2,1-2H3,(H,17,18,19). The number of amides is 1. The first-order valence-electron chi connectivity index (χ1n) is 6.18. The van der Waals surface area contributed by atoms with Gasteiger partial charge in [0.1, 0.15) is 5.82 Å². The van der Waals surface area contributed by atoms with Gasteiger partial charge in [0.25, 0.3) is 0 Å². The Hall–Kier alpha value is -2.01. The third-order valence-corrected chi connectivity index (χ3v) is 3.41. The van der Waals surface area contributed by atoms with Crippen LogP contribution in [-0.2, 0) is 11.2 Å². The summed E-state index contributed by atoms with van der Waals surface area (Å²) >= 11 is 1.42. The molecule has 0 unspecified atom stereocenters. The second-order valence-electron chi connectivity index (χ2n) is 4.65. The van der Waals surface area contributed by atoms with Crippen LogP contribution in [0.5, 0.6) is 0 Å². The van der Waals surface area contributed by atoms with Gasteiger partial charge in [0.2, 0.25) is 5.91 Å². The third-order valence-electron chi connectivity index (χ3n) is 2.50. The first-order valence-corrected chi connectivity index (χ1v) is 6.99. The van der Waals surface area contributed by atoms with Crippen molar-refractivity contribution in [2.45, 2.75) is 20.3 Å². The van der Waals surface area contributed by atoms with Gasteiger partial charge in [0, 0.05) is 23.6 Å². The fourth-order valence-electron chi connectivity index (χ4n) is 1.65. The lowest BCUT2D eigenvalue weighted by molar-refractivity contribution is -0.111. The molecule has 1 aromatic carbocycles. The Morgan fingerprint density at radius 2 is 2.05 bits per heavy atom. The first kappa shape index (κ1) is 14.4. The predicted octanol–water partition coefficient (Wildman–Crippen LogP) is 3.78. The number of allylic oxidation sites excluding steroid dienone is 1. The molecule has 0 fully saturated rings. The summed E-state index contributed by atoms with van der Waals surface area (Å²) in [5.74, 6) is -0.416. The molecule has 2 rings (SSSR count). The van der Waals surface area contributed by atoms with Crippen molar-refractivity contribution in [1.82, 2.24) is 4.98 Å². The van der Waals surface area contributed by atoms with Gasteiger partial charge in [-0.1, -0.05) is 17.7 Å². The number of hydrogen-bond donors (Lipinski definition) is 1. The van der Waals surface area contributed by atoms with Gasteiger partial charge in [0.15, 0.2) is 5.13 Å². The number of halogens is 1. The van der Waals surface area contributed by atoms with Crippen molar-refractivity contribution in [3.63, 3.8) is 0 Å².